The Balaban J connectivity index is 4.11. The standard InChI is InChI=1S/C12H24N2O4/c1-8(2)9(5-6-13)3-4-11(16)14-10(7-15)12(17)18/h8-10,15H,3-7,13H2,1-2H3,(H,14,16)(H,17,18). The second-order valence-electron chi connectivity index (χ2n) is 4.76. The van der Waals surface area contributed by atoms with Gasteiger partial charge in [0, 0.05) is 6.42 Å². The molecule has 5 N–H and O–H groups in total. The lowest BCUT2D eigenvalue weighted by atomic mass is 9.88. The second-order valence-corrected chi connectivity index (χ2v) is 4.76. The lowest BCUT2D eigenvalue weighted by Gasteiger charge is -2.20. The molecule has 1 amide bonds. The summed E-state index contributed by atoms with van der Waals surface area (Å²) >= 11 is 0. The number of hydrogen-bond donors (Lipinski definition) is 4. The molecule has 18 heavy (non-hydrogen) atoms. The third kappa shape index (κ3) is 6.56. The van der Waals surface area contributed by atoms with E-state index in [9.17, 15) is 9.59 Å². The lowest BCUT2D eigenvalue weighted by molar-refractivity contribution is -0.143. The topological polar surface area (TPSA) is 113 Å². The van der Waals surface area contributed by atoms with Gasteiger partial charge in [-0.3, -0.25) is 4.79 Å². The first kappa shape index (κ1) is 16.9. The largest absolute Gasteiger partial charge is 0.480 e. The van der Waals surface area contributed by atoms with E-state index in [-0.39, 0.29) is 12.3 Å². The van der Waals surface area contributed by atoms with Gasteiger partial charge in [0.25, 0.3) is 0 Å². The van der Waals surface area contributed by atoms with Gasteiger partial charge in [0.05, 0.1) is 6.61 Å². The van der Waals surface area contributed by atoms with Gasteiger partial charge in [-0.1, -0.05) is 13.8 Å². The fraction of sp³-hybridized carbons (Fsp3) is 0.833. The van der Waals surface area contributed by atoms with Gasteiger partial charge in [0.2, 0.25) is 5.91 Å². The zero-order valence-corrected chi connectivity index (χ0v) is 11.1. The molecule has 2 atom stereocenters. The van der Waals surface area contributed by atoms with E-state index in [1.807, 2.05) is 0 Å². The van der Waals surface area contributed by atoms with Crippen molar-refractivity contribution in [3.8, 4) is 0 Å². The van der Waals surface area contributed by atoms with Gasteiger partial charge < -0.3 is 21.3 Å². The Bertz CT molecular complexity index is 269. The summed E-state index contributed by atoms with van der Waals surface area (Å²) in [5.41, 5.74) is 5.50. The number of aliphatic hydroxyl groups is 1. The fourth-order valence-electron chi connectivity index (χ4n) is 1.79. The number of nitrogens with two attached hydrogens (primary N) is 1. The third-order valence-corrected chi connectivity index (χ3v) is 3.04. The Morgan fingerprint density at radius 1 is 1.28 bits per heavy atom. The summed E-state index contributed by atoms with van der Waals surface area (Å²) in [4.78, 5) is 22.2. The summed E-state index contributed by atoms with van der Waals surface area (Å²) in [5.74, 6) is -0.778. The van der Waals surface area contributed by atoms with Crippen LogP contribution in [0.25, 0.3) is 0 Å². The maximum atomic E-state index is 11.5. The number of aliphatic hydroxyl groups excluding tert-OH is 1. The molecule has 6 heteroatoms. The van der Waals surface area contributed by atoms with E-state index in [0.717, 1.165) is 6.42 Å². The summed E-state index contributed by atoms with van der Waals surface area (Å²) in [6, 6.07) is -1.22. The van der Waals surface area contributed by atoms with Gasteiger partial charge in [-0.25, -0.2) is 4.79 Å². The van der Waals surface area contributed by atoms with Crippen molar-refractivity contribution in [2.75, 3.05) is 13.2 Å². The zero-order valence-electron chi connectivity index (χ0n) is 11.1. The quantitative estimate of drug-likeness (QED) is 0.464. The molecule has 0 radical (unpaired) electrons. The minimum absolute atomic E-state index is 0.257. The third-order valence-electron chi connectivity index (χ3n) is 3.04. The van der Waals surface area contributed by atoms with Crippen LogP contribution in [0.1, 0.15) is 33.1 Å². The number of amides is 1. The van der Waals surface area contributed by atoms with Crippen LogP contribution in [0.15, 0.2) is 0 Å². The molecular weight excluding hydrogens is 236 g/mol. The van der Waals surface area contributed by atoms with Gasteiger partial charge in [-0.05, 0) is 31.2 Å². The molecule has 2 unspecified atom stereocenters. The number of nitrogens with one attached hydrogen (secondary N) is 1. The molecular formula is C12H24N2O4. The summed E-state index contributed by atoms with van der Waals surface area (Å²) in [5, 5.41) is 19.7. The summed E-state index contributed by atoms with van der Waals surface area (Å²) in [6.45, 7) is 4.13. The molecule has 0 fully saturated rings. The van der Waals surface area contributed by atoms with Crippen LogP contribution in [-0.2, 0) is 9.59 Å². The van der Waals surface area contributed by atoms with E-state index in [0.29, 0.717) is 24.8 Å². The Kier molecular flexibility index (Phi) is 8.32. The number of carbonyl (C=O) groups is 2. The first-order valence-corrected chi connectivity index (χ1v) is 6.25. The number of aliphatic carboxylic acids is 1. The van der Waals surface area contributed by atoms with Crippen molar-refractivity contribution in [3.05, 3.63) is 0 Å². The van der Waals surface area contributed by atoms with Gasteiger partial charge in [-0.2, -0.15) is 0 Å². The highest BCUT2D eigenvalue weighted by atomic mass is 16.4. The molecule has 0 aliphatic rings. The maximum absolute atomic E-state index is 11.5. The molecule has 0 spiro atoms. The molecule has 0 aromatic carbocycles. The van der Waals surface area contributed by atoms with Crippen LogP contribution in [0, 0.1) is 11.8 Å². The molecule has 0 saturated heterocycles. The van der Waals surface area contributed by atoms with Crippen LogP contribution in [0.2, 0.25) is 0 Å². The van der Waals surface area contributed by atoms with Gasteiger partial charge >= 0.3 is 5.97 Å². The number of carboxylic acids is 1. The van der Waals surface area contributed by atoms with Crippen molar-refractivity contribution in [2.45, 2.75) is 39.2 Å². The van der Waals surface area contributed by atoms with Gasteiger partial charge in [-0.15, -0.1) is 0 Å². The van der Waals surface area contributed by atoms with Gasteiger partial charge in [0.1, 0.15) is 6.04 Å². The number of rotatable bonds is 9. The monoisotopic (exact) mass is 260 g/mol. The summed E-state index contributed by atoms with van der Waals surface area (Å²) in [6.07, 6.45) is 1.79. The molecule has 0 aromatic rings. The van der Waals surface area contributed by atoms with Crippen molar-refractivity contribution < 1.29 is 19.8 Å². The van der Waals surface area contributed by atoms with Crippen LogP contribution in [0.5, 0.6) is 0 Å². The van der Waals surface area contributed by atoms with Gasteiger partial charge in [0.15, 0.2) is 0 Å². The molecule has 6 nitrogen and oxygen atoms in total. The van der Waals surface area contributed by atoms with Crippen LogP contribution >= 0.6 is 0 Å². The van der Waals surface area contributed by atoms with Crippen LogP contribution < -0.4 is 11.1 Å². The predicted octanol–water partition coefficient (Wildman–Crippen LogP) is -0.0507. The van der Waals surface area contributed by atoms with E-state index in [4.69, 9.17) is 15.9 Å². The first-order chi connectivity index (χ1) is 8.42. The summed E-state index contributed by atoms with van der Waals surface area (Å²) in [7, 11) is 0. The van der Waals surface area contributed by atoms with E-state index >= 15 is 0 Å². The van der Waals surface area contributed by atoms with Crippen molar-refractivity contribution in [3.63, 3.8) is 0 Å². The van der Waals surface area contributed by atoms with Crippen molar-refractivity contribution in [1.29, 1.82) is 0 Å². The number of hydrogen-bond acceptors (Lipinski definition) is 4. The molecule has 0 rings (SSSR count). The van der Waals surface area contributed by atoms with E-state index in [1.54, 1.807) is 0 Å². The average molecular weight is 260 g/mol. The average Bonchev–Trinajstić information content (AvgIpc) is 2.30. The smallest absolute Gasteiger partial charge is 0.328 e. The Morgan fingerprint density at radius 2 is 1.89 bits per heavy atom. The minimum atomic E-state index is -1.23. The Morgan fingerprint density at radius 3 is 2.28 bits per heavy atom. The van der Waals surface area contributed by atoms with Crippen molar-refractivity contribution in [2.24, 2.45) is 17.6 Å². The Labute approximate surface area is 108 Å². The highest BCUT2D eigenvalue weighted by molar-refractivity contribution is 5.83. The van der Waals surface area contributed by atoms with Crippen molar-refractivity contribution in [1.82, 2.24) is 5.32 Å². The fourth-order valence-corrected chi connectivity index (χ4v) is 1.79. The normalized spacial score (nSPS) is 14.3. The minimum Gasteiger partial charge on any atom is -0.480 e. The first-order valence-electron chi connectivity index (χ1n) is 6.25. The predicted molar refractivity (Wildman–Crippen MR) is 67.9 cm³/mol. The molecule has 0 saturated carbocycles. The summed E-state index contributed by atoms with van der Waals surface area (Å²) < 4.78 is 0. The SMILES string of the molecule is CC(C)C(CCN)CCC(=O)NC(CO)C(=O)O. The molecule has 0 aliphatic carbocycles. The molecule has 0 heterocycles. The van der Waals surface area contributed by atoms with E-state index in [1.165, 1.54) is 0 Å². The lowest BCUT2D eigenvalue weighted by Crippen LogP contribution is -2.43. The van der Waals surface area contributed by atoms with Crippen LogP contribution in [-0.4, -0.2) is 41.3 Å². The molecule has 0 aliphatic heterocycles. The maximum Gasteiger partial charge on any atom is 0.328 e. The van der Waals surface area contributed by atoms with E-state index < -0.39 is 18.6 Å². The van der Waals surface area contributed by atoms with E-state index in [2.05, 4.69) is 19.2 Å². The second kappa shape index (κ2) is 8.88. The van der Waals surface area contributed by atoms with Crippen molar-refractivity contribution >= 4 is 11.9 Å². The van der Waals surface area contributed by atoms with Crippen LogP contribution in [0.4, 0.5) is 0 Å². The Hall–Kier alpha value is -1.14. The molecule has 106 valence electrons. The highest BCUT2D eigenvalue weighted by Gasteiger charge is 2.20. The number of carboxylic acid groups (broad SMARTS) is 1. The highest BCUT2D eigenvalue weighted by Crippen LogP contribution is 2.20. The molecule has 0 aromatic heterocycles. The number of carbonyl (C=O) groups excluding carboxylic acids is 1. The zero-order chi connectivity index (χ0) is 14.1. The van der Waals surface area contributed by atoms with Crippen LogP contribution in [0.3, 0.4) is 0 Å². The molecule has 0 bridgehead atoms.